The lowest BCUT2D eigenvalue weighted by atomic mass is 9.77. The van der Waals surface area contributed by atoms with E-state index in [9.17, 15) is 14.7 Å². The second-order valence-electron chi connectivity index (χ2n) is 10.1. The van der Waals surface area contributed by atoms with Gasteiger partial charge in [-0.15, -0.1) is 0 Å². The number of aliphatic hydroxyl groups is 1. The molecule has 1 unspecified atom stereocenters. The molecule has 1 heterocycles. The number of benzene rings is 2. The SMILES string of the molecule is CCN(CCOC(=O)C(C)(C)CC)c1ccc(C2=C(O)C(Cc3sc4ccccc4[n+]3CC)C2=O)cc1. The number of Topliss-reactive ketones (excluding diaryl/α,β-unsaturated/α-hetero) is 1. The lowest BCUT2D eigenvalue weighted by Crippen LogP contribution is -2.39. The number of aromatic nitrogens is 1. The first-order valence-corrected chi connectivity index (χ1v) is 13.9. The van der Waals surface area contributed by atoms with Gasteiger partial charge in [-0.3, -0.25) is 9.59 Å². The molecule has 0 saturated carbocycles. The van der Waals surface area contributed by atoms with Crippen LogP contribution in [0.2, 0.25) is 0 Å². The number of hydrogen-bond donors (Lipinski definition) is 1. The van der Waals surface area contributed by atoms with E-state index in [1.165, 1.54) is 10.2 Å². The number of carbonyl (C=O) groups is 2. The molecule has 6 nitrogen and oxygen atoms in total. The van der Waals surface area contributed by atoms with Crippen LogP contribution in [-0.2, 0) is 27.3 Å². The number of ketones is 1. The van der Waals surface area contributed by atoms with Crippen LogP contribution in [0.4, 0.5) is 5.69 Å². The van der Waals surface area contributed by atoms with E-state index in [1.807, 2.05) is 57.2 Å². The lowest BCUT2D eigenvalue weighted by molar-refractivity contribution is -0.671. The van der Waals surface area contributed by atoms with Crippen molar-refractivity contribution in [3.63, 3.8) is 0 Å². The summed E-state index contributed by atoms with van der Waals surface area (Å²) in [6.45, 7) is 12.4. The quantitative estimate of drug-likeness (QED) is 0.258. The highest BCUT2D eigenvalue weighted by molar-refractivity contribution is 7.18. The predicted octanol–water partition coefficient (Wildman–Crippen LogP) is 5.73. The number of ether oxygens (including phenoxy) is 1. The molecule has 0 saturated heterocycles. The molecule has 196 valence electrons. The van der Waals surface area contributed by atoms with Crippen molar-refractivity contribution >= 4 is 44.6 Å². The summed E-state index contributed by atoms with van der Waals surface area (Å²) in [5, 5.41) is 12.0. The van der Waals surface area contributed by atoms with E-state index in [2.05, 4.69) is 35.4 Å². The van der Waals surface area contributed by atoms with Gasteiger partial charge in [-0.2, -0.15) is 4.57 Å². The Morgan fingerprint density at radius 3 is 2.43 bits per heavy atom. The minimum Gasteiger partial charge on any atom is -0.511 e. The van der Waals surface area contributed by atoms with E-state index in [1.54, 1.807) is 11.3 Å². The van der Waals surface area contributed by atoms with Gasteiger partial charge in [0.15, 0.2) is 5.78 Å². The number of para-hydroxylation sites is 1. The zero-order valence-corrected chi connectivity index (χ0v) is 23.2. The zero-order chi connectivity index (χ0) is 26.7. The number of hydrogen-bond acceptors (Lipinski definition) is 6. The average molecular weight is 522 g/mol. The minimum atomic E-state index is -0.491. The molecule has 0 aliphatic heterocycles. The number of aliphatic hydroxyl groups excluding tert-OH is 1. The molecule has 37 heavy (non-hydrogen) atoms. The van der Waals surface area contributed by atoms with Crippen molar-refractivity contribution in [1.82, 2.24) is 0 Å². The Kier molecular flexibility index (Phi) is 8.02. The third-order valence-corrected chi connectivity index (χ3v) is 8.65. The molecular formula is C30H37N2O4S+. The molecule has 3 aromatic rings. The Labute approximate surface area is 223 Å². The Morgan fingerprint density at radius 1 is 1.11 bits per heavy atom. The van der Waals surface area contributed by atoms with Gasteiger partial charge >= 0.3 is 5.97 Å². The third kappa shape index (κ3) is 5.28. The third-order valence-electron chi connectivity index (χ3n) is 7.46. The van der Waals surface area contributed by atoms with E-state index in [-0.39, 0.29) is 17.5 Å². The summed E-state index contributed by atoms with van der Waals surface area (Å²) < 4.78 is 8.92. The van der Waals surface area contributed by atoms with Crippen LogP contribution < -0.4 is 9.47 Å². The first-order valence-electron chi connectivity index (χ1n) is 13.1. The van der Waals surface area contributed by atoms with Crippen molar-refractivity contribution < 1.29 is 24.0 Å². The largest absolute Gasteiger partial charge is 0.511 e. The molecule has 1 aliphatic rings. The summed E-state index contributed by atoms with van der Waals surface area (Å²) in [7, 11) is 0. The van der Waals surface area contributed by atoms with Gasteiger partial charge in [-0.25, -0.2) is 0 Å². The molecule has 0 radical (unpaired) electrons. The number of rotatable bonds is 11. The maximum absolute atomic E-state index is 13.1. The number of carbonyl (C=O) groups excluding carboxylic acids is 2. The molecule has 2 aromatic carbocycles. The number of thiazole rings is 1. The van der Waals surface area contributed by atoms with Crippen molar-refractivity contribution in [3.05, 3.63) is 64.9 Å². The zero-order valence-electron chi connectivity index (χ0n) is 22.4. The van der Waals surface area contributed by atoms with Crippen LogP contribution in [0.15, 0.2) is 54.3 Å². The summed E-state index contributed by atoms with van der Waals surface area (Å²) in [6.07, 6.45) is 1.24. The molecule has 0 amide bonds. The smallest absolute Gasteiger partial charge is 0.311 e. The van der Waals surface area contributed by atoms with Gasteiger partial charge in [0.1, 0.15) is 23.6 Å². The van der Waals surface area contributed by atoms with Crippen molar-refractivity contribution in [2.24, 2.45) is 11.3 Å². The number of allylic oxidation sites excluding steroid dienone is 2. The highest BCUT2D eigenvalue weighted by Gasteiger charge is 2.42. The molecule has 1 N–H and O–H groups in total. The van der Waals surface area contributed by atoms with Crippen LogP contribution >= 0.6 is 11.3 Å². The number of fused-ring (bicyclic) bond motifs is 1. The molecule has 1 aliphatic carbocycles. The molecule has 1 atom stereocenters. The number of likely N-dealkylation sites (N-methyl/N-ethyl adjacent to an activating group) is 1. The Morgan fingerprint density at radius 2 is 1.81 bits per heavy atom. The molecular weight excluding hydrogens is 484 g/mol. The fraction of sp³-hybridized carbons (Fsp3) is 0.433. The van der Waals surface area contributed by atoms with Crippen LogP contribution in [0.3, 0.4) is 0 Å². The average Bonchev–Trinajstić information content (AvgIpc) is 3.27. The molecule has 7 heteroatoms. The predicted molar refractivity (Wildman–Crippen MR) is 149 cm³/mol. The van der Waals surface area contributed by atoms with Gasteiger partial charge in [-0.05, 0) is 57.9 Å². The maximum atomic E-state index is 13.1. The van der Waals surface area contributed by atoms with Crippen molar-refractivity contribution in [3.8, 4) is 0 Å². The Bertz CT molecular complexity index is 1320. The van der Waals surface area contributed by atoms with Crippen molar-refractivity contribution in [1.29, 1.82) is 0 Å². The molecule has 0 fully saturated rings. The second-order valence-corrected chi connectivity index (χ2v) is 11.2. The fourth-order valence-electron chi connectivity index (χ4n) is 4.65. The van der Waals surface area contributed by atoms with Gasteiger partial charge in [0, 0.05) is 18.3 Å². The van der Waals surface area contributed by atoms with E-state index in [0.717, 1.165) is 35.8 Å². The maximum Gasteiger partial charge on any atom is 0.311 e. The van der Waals surface area contributed by atoms with Crippen molar-refractivity contribution in [2.45, 2.75) is 54.0 Å². The summed E-state index contributed by atoms with van der Waals surface area (Å²) >= 11 is 1.69. The standard InChI is InChI=1S/C30H36N2O4S/c1-6-30(4,5)29(35)36-18-17-31(7-2)21-15-13-20(14-16-21)26-27(33)22(28(26)34)19-25-32(8-3)23-11-9-10-12-24(23)37-25/h9-16,22H,6-8,17-19H2,1-5H3/p+1. The first kappa shape index (κ1) is 26.9. The van der Waals surface area contributed by atoms with Gasteiger partial charge in [0.05, 0.1) is 29.9 Å². The normalized spacial score (nSPS) is 15.7. The van der Waals surface area contributed by atoms with Crippen LogP contribution in [0.1, 0.15) is 51.6 Å². The second kappa shape index (κ2) is 11.1. The molecule has 0 bridgehead atoms. The molecule has 0 spiro atoms. The van der Waals surface area contributed by atoms with Gasteiger partial charge in [0.2, 0.25) is 10.5 Å². The van der Waals surface area contributed by atoms with E-state index in [0.29, 0.717) is 25.1 Å². The number of nitrogens with zero attached hydrogens (tertiary/aromatic N) is 2. The highest BCUT2D eigenvalue weighted by Crippen LogP contribution is 2.39. The first-order chi connectivity index (χ1) is 17.7. The number of esters is 1. The fourth-order valence-corrected chi connectivity index (χ4v) is 5.92. The lowest BCUT2D eigenvalue weighted by Gasteiger charge is -2.28. The summed E-state index contributed by atoms with van der Waals surface area (Å²) in [5.74, 6) is -0.504. The summed E-state index contributed by atoms with van der Waals surface area (Å²) in [5.41, 5.74) is 2.82. The van der Waals surface area contributed by atoms with Gasteiger partial charge in [0.25, 0.3) is 0 Å². The van der Waals surface area contributed by atoms with Crippen LogP contribution in [0, 0.1) is 11.3 Å². The minimum absolute atomic E-state index is 0.0110. The van der Waals surface area contributed by atoms with E-state index in [4.69, 9.17) is 4.74 Å². The molecule has 1 aromatic heterocycles. The Balaban J connectivity index is 1.43. The van der Waals surface area contributed by atoms with Crippen LogP contribution in [-0.4, -0.2) is 36.6 Å². The number of anilines is 1. The van der Waals surface area contributed by atoms with Crippen molar-refractivity contribution in [2.75, 3.05) is 24.6 Å². The highest BCUT2D eigenvalue weighted by atomic mass is 32.1. The van der Waals surface area contributed by atoms with E-state index < -0.39 is 11.3 Å². The summed E-state index contributed by atoms with van der Waals surface area (Å²) in [4.78, 5) is 27.5. The number of aryl methyl sites for hydroxylation is 1. The van der Waals surface area contributed by atoms with E-state index >= 15 is 0 Å². The topological polar surface area (TPSA) is 70.7 Å². The van der Waals surface area contributed by atoms with Crippen LogP contribution in [0.5, 0.6) is 0 Å². The van der Waals surface area contributed by atoms with Gasteiger partial charge in [-0.1, -0.05) is 42.5 Å². The monoisotopic (exact) mass is 521 g/mol. The molecule has 4 rings (SSSR count). The van der Waals surface area contributed by atoms with Gasteiger partial charge < -0.3 is 14.7 Å². The summed E-state index contributed by atoms with van der Waals surface area (Å²) in [6, 6.07) is 15.9. The van der Waals surface area contributed by atoms with Crippen LogP contribution in [0.25, 0.3) is 15.8 Å². The Hall–Kier alpha value is -3.19.